The van der Waals surface area contributed by atoms with Gasteiger partial charge in [0.1, 0.15) is 0 Å². The zero-order valence-corrected chi connectivity index (χ0v) is 24.3. The van der Waals surface area contributed by atoms with Gasteiger partial charge in [0.25, 0.3) is 11.5 Å². The summed E-state index contributed by atoms with van der Waals surface area (Å²) in [5, 5.41) is 12.5. The number of fused-ring (bicyclic) bond motifs is 1. The Morgan fingerprint density at radius 1 is 1.07 bits per heavy atom. The first-order chi connectivity index (χ1) is 19.6. The zero-order chi connectivity index (χ0) is 29.3. The third-order valence-electron chi connectivity index (χ3n) is 6.14. The van der Waals surface area contributed by atoms with Gasteiger partial charge in [-0.05, 0) is 60.5 Å². The van der Waals surface area contributed by atoms with E-state index in [0.717, 1.165) is 11.3 Å². The van der Waals surface area contributed by atoms with E-state index in [1.807, 2.05) is 18.2 Å². The van der Waals surface area contributed by atoms with Gasteiger partial charge in [-0.2, -0.15) is 0 Å². The first-order valence-electron chi connectivity index (χ1n) is 12.1. The molecule has 0 saturated carbocycles. The number of carbonyl (C=O) groups is 2. The summed E-state index contributed by atoms with van der Waals surface area (Å²) in [5.74, 6) is -1.53. The minimum atomic E-state index is -1.18. The van der Waals surface area contributed by atoms with E-state index in [0.29, 0.717) is 42.4 Å². The summed E-state index contributed by atoms with van der Waals surface area (Å²) in [6, 6.07) is 18.2. The van der Waals surface area contributed by atoms with Crippen molar-refractivity contribution in [2.75, 3.05) is 11.9 Å². The van der Waals surface area contributed by atoms with E-state index in [2.05, 4.69) is 10.3 Å². The second kappa shape index (κ2) is 11.9. The largest absolute Gasteiger partial charge is 0.479 e. The van der Waals surface area contributed by atoms with Crippen LogP contribution in [-0.4, -0.2) is 28.2 Å². The van der Waals surface area contributed by atoms with Crippen LogP contribution in [0.15, 0.2) is 87.8 Å². The van der Waals surface area contributed by atoms with Gasteiger partial charge in [0.2, 0.25) is 0 Å². The van der Waals surface area contributed by atoms with E-state index in [-0.39, 0.29) is 27.3 Å². The average Bonchev–Trinajstić information content (AvgIpc) is 3.22. The van der Waals surface area contributed by atoms with Crippen LogP contribution in [0.3, 0.4) is 0 Å². The predicted molar refractivity (Wildman–Crippen MR) is 160 cm³/mol. The number of aliphatic carboxylic acids is 1. The Morgan fingerprint density at radius 3 is 2.37 bits per heavy atom. The molecular weight excluding hydrogens is 609 g/mol. The van der Waals surface area contributed by atoms with Crippen molar-refractivity contribution in [3.63, 3.8) is 0 Å². The topological polar surface area (TPSA) is 110 Å². The third-order valence-corrected chi connectivity index (χ3v) is 7.94. The number of para-hydroxylation sites is 1. The number of nitrogens with zero attached hydrogens (tertiary/aromatic N) is 2. The highest BCUT2D eigenvalue weighted by Gasteiger charge is 2.32. The van der Waals surface area contributed by atoms with Gasteiger partial charge >= 0.3 is 5.97 Å². The molecule has 12 heteroatoms. The molecular formula is C29H20Cl3N3O5S. The van der Waals surface area contributed by atoms with Crippen LogP contribution in [0, 0.1) is 0 Å². The number of hydrogen-bond donors (Lipinski definition) is 2. The molecule has 4 aromatic rings. The van der Waals surface area contributed by atoms with Crippen LogP contribution in [0.1, 0.15) is 24.1 Å². The Labute approximate surface area is 252 Å². The summed E-state index contributed by atoms with van der Waals surface area (Å²) in [6.45, 7) is 1.12. The van der Waals surface area contributed by atoms with Gasteiger partial charge in [-0.3, -0.25) is 14.2 Å². The fraction of sp³-hybridized carbons (Fsp3) is 0.103. The highest BCUT2D eigenvalue weighted by Crippen LogP contribution is 2.35. The standard InChI is InChI=1S/C29H20Cl3N3O5S/c1-15-24(27(38)34-19-5-3-2-4-6-19)25(17-7-9-18(30)10-8-17)35-28(39)22(41-29(35)33-15)13-16-11-20(31)26(21(32)12-16)40-14-23(36)37/h2-13,25H,14H2,1H3,(H,34,38)(H,36,37)/b22-13-/t25-/m0/s1. The molecule has 1 aliphatic rings. The molecule has 208 valence electrons. The number of hydrogen-bond acceptors (Lipinski definition) is 6. The summed E-state index contributed by atoms with van der Waals surface area (Å²) in [7, 11) is 0. The number of ether oxygens (including phenoxy) is 1. The Bertz CT molecular complexity index is 1860. The number of aromatic nitrogens is 1. The molecule has 5 rings (SSSR count). The van der Waals surface area contributed by atoms with Gasteiger partial charge < -0.3 is 15.2 Å². The minimum absolute atomic E-state index is 0.0294. The molecule has 0 spiro atoms. The van der Waals surface area contributed by atoms with Crippen molar-refractivity contribution in [3.05, 3.63) is 124 Å². The van der Waals surface area contributed by atoms with Gasteiger partial charge in [-0.1, -0.05) is 76.5 Å². The Morgan fingerprint density at radius 2 is 1.73 bits per heavy atom. The number of carbonyl (C=O) groups excluding carboxylic acids is 1. The summed E-state index contributed by atoms with van der Waals surface area (Å²) in [5.41, 5.74) is 2.20. The normalized spacial score (nSPS) is 14.8. The van der Waals surface area contributed by atoms with Crippen LogP contribution in [0.2, 0.25) is 15.1 Å². The second-order valence-electron chi connectivity index (χ2n) is 8.95. The molecule has 41 heavy (non-hydrogen) atoms. The van der Waals surface area contributed by atoms with Crippen LogP contribution in [-0.2, 0) is 9.59 Å². The van der Waals surface area contributed by atoms with Crippen molar-refractivity contribution < 1.29 is 19.4 Å². The van der Waals surface area contributed by atoms with Crippen molar-refractivity contribution >= 4 is 69.8 Å². The molecule has 1 aliphatic heterocycles. The molecule has 2 heterocycles. The number of thiazole rings is 1. The van der Waals surface area contributed by atoms with Crippen LogP contribution >= 0.6 is 46.1 Å². The van der Waals surface area contributed by atoms with E-state index in [1.54, 1.807) is 49.4 Å². The number of nitrogens with one attached hydrogen (secondary N) is 1. The van der Waals surface area contributed by atoms with E-state index < -0.39 is 18.6 Å². The lowest BCUT2D eigenvalue weighted by atomic mass is 9.95. The first kappa shape index (κ1) is 28.6. The minimum Gasteiger partial charge on any atom is -0.479 e. The number of anilines is 1. The van der Waals surface area contributed by atoms with E-state index >= 15 is 0 Å². The van der Waals surface area contributed by atoms with E-state index in [4.69, 9.17) is 44.6 Å². The average molecular weight is 629 g/mol. The fourth-order valence-corrected chi connectivity index (χ4v) is 6.16. The number of amides is 1. The van der Waals surface area contributed by atoms with Gasteiger partial charge in [-0.25, -0.2) is 9.79 Å². The van der Waals surface area contributed by atoms with Gasteiger partial charge in [0, 0.05) is 10.7 Å². The molecule has 1 aromatic heterocycles. The van der Waals surface area contributed by atoms with Crippen molar-refractivity contribution in [2.45, 2.75) is 13.0 Å². The molecule has 0 bridgehead atoms. The highest BCUT2D eigenvalue weighted by atomic mass is 35.5. The molecule has 0 aliphatic carbocycles. The number of benzene rings is 3. The predicted octanol–water partition coefficient (Wildman–Crippen LogP) is 5.30. The lowest BCUT2D eigenvalue weighted by Gasteiger charge is -2.25. The Balaban J connectivity index is 1.62. The van der Waals surface area contributed by atoms with Gasteiger partial charge in [-0.15, -0.1) is 0 Å². The number of carboxylic acids is 1. The summed E-state index contributed by atoms with van der Waals surface area (Å²) in [6.07, 6.45) is 1.60. The van der Waals surface area contributed by atoms with Crippen LogP contribution in [0.5, 0.6) is 5.75 Å². The van der Waals surface area contributed by atoms with Gasteiger partial charge in [0.05, 0.1) is 31.9 Å². The smallest absolute Gasteiger partial charge is 0.341 e. The molecule has 0 unspecified atom stereocenters. The van der Waals surface area contributed by atoms with Gasteiger partial charge in [0.15, 0.2) is 17.2 Å². The van der Waals surface area contributed by atoms with E-state index in [1.165, 1.54) is 16.7 Å². The number of allylic oxidation sites excluding steroid dienone is 1. The quantitative estimate of drug-likeness (QED) is 0.289. The van der Waals surface area contributed by atoms with Crippen molar-refractivity contribution in [1.82, 2.24) is 4.57 Å². The monoisotopic (exact) mass is 627 g/mol. The molecule has 0 saturated heterocycles. The molecule has 2 N–H and O–H groups in total. The first-order valence-corrected chi connectivity index (χ1v) is 14.1. The molecule has 1 amide bonds. The third kappa shape index (κ3) is 6.08. The fourth-order valence-electron chi connectivity index (χ4n) is 4.38. The molecule has 3 aromatic carbocycles. The Hall–Kier alpha value is -3.89. The van der Waals surface area contributed by atoms with Crippen LogP contribution in [0.4, 0.5) is 5.69 Å². The van der Waals surface area contributed by atoms with Crippen molar-refractivity contribution in [3.8, 4) is 5.75 Å². The molecule has 1 atom stereocenters. The second-order valence-corrected chi connectivity index (χ2v) is 11.2. The van der Waals surface area contributed by atoms with Crippen molar-refractivity contribution in [2.24, 2.45) is 4.99 Å². The number of carboxylic acid groups (broad SMARTS) is 1. The maximum absolute atomic E-state index is 13.9. The summed E-state index contributed by atoms with van der Waals surface area (Å²) in [4.78, 5) is 43.4. The Kier molecular flexibility index (Phi) is 8.32. The summed E-state index contributed by atoms with van der Waals surface area (Å²) >= 11 is 19.9. The molecule has 8 nitrogen and oxygen atoms in total. The molecule has 0 fully saturated rings. The zero-order valence-electron chi connectivity index (χ0n) is 21.2. The summed E-state index contributed by atoms with van der Waals surface area (Å²) < 4.78 is 6.99. The maximum Gasteiger partial charge on any atom is 0.341 e. The van der Waals surface area contributed by atoms with Crippen LogP contribution in [0.25, 0.3) is 6.08 Å². The lowest BCUT2D eigenvalue weighted by Crippen LogP contribution is -2.40. The molecule has 0 radical (unpaired) electrons. The maximum atomic E-state index is 13.9. The number of halogens is 3. The highest BCUT2D eigenvalue weighted by molar-refractivity contribution is 7.07. The van der Waals surface area contributed by atoms with E-state index in [9.17, 15) is 14.4 Å². The lowest BCUT2D eigenvalue weighted by molar-refractivity contribution is -0.139. The number of rotatable bonds is 7. The van der Waals surface area contributed by atoms with Crippen LogP contribution < -0.4 is 24.9 Å². The van der Waals surface area contributed by atoms with Crippen molar-refractivity contribution in [1.29, 1.82) is 0 Å². The SMILES string of the molecule is CC1=C(C(=O)Nc2ccccc2)[C@H](c2ccc(Cl)cc2)n2c(s/c(=C\c3cc(Cl)c(OCC(=O)O)c(Cl)c3)c2=O)=N1.